The summed E-state index contributed by atoms with van der Waals surface area (Å²) in [5.41, 5.74) is 16.2. The number of aryl methyl sites for hydroxylation is 6. The molecule has 2 aliphatic heterocycles. The Morgan fingerprint density at radius 2 is 1.08 bits per heavy atom. The van der Waals surface area contributed by atoms with Crippen LogP contribution in [0.15, 0.2) is 110 Å². The molecule has 2 aliphatic rings. The van der Waals surface area contributed by atoms with E-state index in [4.69, 9.17) is 4.74 Å². The summed E-state index contributed by atoms with van der Waals surface area (Å²) in [6, 6.07) is 28.4. The SMILES string of the molecule is C.C.C.COC(=O)Cc1ccccc1NC1CCn2nnc(C)c2-c2ccc(-c3cnn(C)c3)cc21.Cc1nnn2c1-c1ccc(-c3cnn(C)c3)cc1C(Nc1ccccc1CC(=O)O)CC2.O.[Li+].[OH-]. The van der Waals surface area contributed by atoms with Gasteiger partial charge in [-0.2, -0.15) is 10.2 Å². The van der Waals surface area contributed by atoms with Gasteiger partial charge in [0.05, 0.1) is 67.2 Å². The smallest absolute Gasteiger partial charge is 0.870 e. The fourth-order valence-electron chi connectivity index (χ4n) is 8.92. The Morgan fingerprint density at radius 1 is 0.662 bits per heavy atom. The molecule has 2 atom stereocenters. The van der Waals surface area contributed by atoms with Crippen molar-refractivity contribution in [3.8, 4) is 44.8 Å². The number of fused-ring (bicyclic) bond motifs is 6. The largest absolute Gasteiger partial charge is 1.00 e. The average Bonchev–Trinajstić information content (AvgIpc) is 4.08. The zero-order valence-corrected chi connectivity index (χ0v) is 38.9. The van der Waals surface area contributed by atoms with Gasteiger partial charge in [-0.05, 0) is 84.3 Å². The fourth-order valence-corrected chi connectivity index (χ4v) is 8.92. The van der Waals surface area contributed by atoms with Crippen LogP contribution in [0, 0.1) is 13.8 Å². The van der Waals surface area contributed by atoms with E-state index in [2.05, 4.69) is 77.9 Å². The maximum Gasteiger partial charge on any atom is 1.00 e. The molecular weight excluding hydrogens is 896 g/mol. The predicted octanol–water partition coefficient (Wildman–Crippen LogP) is 5.68. The molecule has 4 aromatic heterocycles. The number of methoxy groups -OCH3 is 1. The third-order valence-corrected chi connectivity index (χ3v) is 12.1. The number of nitrogens with zero attached hydrogens (tertiary/aromatic N) is 10. The van der Waals surface area contributed by atoms with Crippen molar-refractivity contribution in [2.45, 2.75) is 87.0 Å². The van der Waals surface area contributed by atoms with Gasteiger partial charge >= 0.3 is 30.8 Å². The monoisotopic (exact) mass is 961 g/mol. The number of ether oxygens (including phenoxy) is 1. The van der Waals surface area contributed by atoms with Crippen LogP contribution in [0.1, 0.15) is 80.8 Å². The van der Waals surface area contributed by atoms with E-state index in [0.717, 1.165) is 104 Å². The topological polar surface area (TPSA) is 246 Å². The number of carboxylic acids is 1. The second-order valence-corrected chi connectivity index (χ2v) is 16.5. The van der Waals surface area contributed by atoms with Crippen LogP contribution in [0.5, 0.6) is 0 Å². The van der Waals surface area contributed by atoms with Crippen LogP contribution in [-0.2, 0) is 54.4 Å². The molecule has 0 amide bonds. The number of carbonyl (C=O) groups excluding carboxylic acids is 1. The van der Waals surface area contributed by atoms with Crippen molar-refractivity contribution in [3.05, 3.63) is 143 Å². The van der Waals surface area contributed by atoms with Crippen LogP contribution < -0.4 is 29.5 Å². The van der Waals surface area contributed by atoms with Crippen molar-refractivity contribution in [3.63, 3.8) is 0 Å². The van der Waals surface area contributed by atoms with Crippen molar-refractivity contribution in [2.24, 2.45) is 14.1 Å². The Hall–Kier alpha value is -7.36. The van der Waals surface area contributed by atoms with E-state index in [-0.39, 0.29) is 83.0 Å². The van der Waals surface area contributed by atoms with Gasteiger partial charge in [-0.25, -0.2) is 9.36 Å². The van der Waals surface area contributed by atoms with Crippen molar-refractivity contribution in [1.82, 2.24) is 49.5 Å². The summed E-state index contributed by atoms with van der Waals surface area (Å²) in [5, 5.41) is 42.6. The van der Waals surface area contributed by atoms with Crippen molar-refractivity contribution in [2.75, 3.05) is 17.7 Å². The average molecular weight is 961 g/mol. The standard InChI is InChI=1S/C25H26N6O2.C24H24N6O2.3CH4.Li.2H2O/c1-16-25-20-9-8-17(19-14-26-30(2)15-19)12-21(20)23(10-11-31(25)29-28-16)27-22-7-5-4-6-18(22)13-24(32)33-3;1-15-24-19-8-7-16(18-13-25-29(2)14-18)11-20(19)22(9-10-30(24)28-27-15)26-21-6-4-3-5-17(21)12-23(31)32;;;;;;/h4-9,12,14-15,23,27H,10-11,13H2,1-3H3;3-8,11,13-14,22,26H,9-10,12H2,1-2H3,(H,31,32);3*1H4;;2*1H2/q;;;;;+1;;/p-1. The molecule has 10 rings (SSSR count). The normalized spacial score (nSPS) is 13.6. The van der Waals surface area contributed by atoms with Crippen molar-refractivity contribution < 1.29 is 49.2 Å². The number of hydrogen-bond acceptors (Lipinski definition) is 12. The first-order valence-corrected chi connectivity index (χ1v) is 21.6. The molecule has 0 bridgehead atoms. The number of nitrogens with one attached hydrogen (secondary N) is 2. The predicted molar refractivity (Wildman–Crippen MR) is 272 cm³/mol. The summed E-state index contributed by atoms with van der Waals surface area (Å²) in [6.07, 6.45) is 9.57. The van der Waals surface area contributed by atoms with Crippen LogP contribution >= 0.6 is 0 Å². The molecule has 6 N–H and O–H groups in total. The van der Waals surface area contributed by atoms with Crippen molar-refractivity contribution in [1.29, 1.82) is 0 Å². The number of esters is 1. The van der Waals surface area contributed by atoms with Gasteiger partial charge in [0, 0.05) is 73.2 Å². The number of hydrogen-bond donors (Lipinski definition) is 3. The summed E-state index contributed by atoms with van der Waals surface area (Å²) in [6.45, 7) is 5.43. The maximum absolute atomic E-state index is 12.0. The molecule has 4 aromatic carbocycles. The molecule has 0 saturated carbocycles. The van der Waals surface area contributed by atoms with E-state index in [1.165, 1.54) is 12.7 Å². The van der Waals surface area contributed by atoms with Gasteiger partial charge in [0.25, 0.3) is 0 Å². The summed E-state index contributed by atoms with van der Waals surface area (Å²) in [5.74, 6) is -1.10. The van der Waals surface area contributed by atoms with Crippen LogP contribution in [0.3, 0.4) is 0 Å². The van der Waals surface area contributed by atoms with E-state index < -0.39 is 5.97 Å². The second-order valence-electron chi connectivity index (χ2n) is 16.5. The number of aromatic nitrogens is 10. The molecule has 19 heteroatoms. The van der Waals surface area contributed by atoms with Gasteiger partial charge in [-0.3, -0.25) is 19.0 Å². The van der Waals surface area contributed by atoms with E-state index in [1.54, 1.807) is 4.68 Å². The minimum absolute atomic E-state index is 0. The zero-order valence-electron chi connectivity index (χ0n) is 38.9. The van der Waals surface area contributed by atoms with Gasteiger partial charge in [-0.15, -0.1) is 10.2 Å². The Morgan fingerprint density at radius 3 is 1.48 bits per heavy atom. The van der Waals surface area contributed by atoms with E-state index in [1.807, 2.05) is 115 Å². The minimum atomic E-state index is -0.846. The molecule has 18 nitrogen and oxygen atoms in total. The first kappa shape index (κ1) is 58.0. The second kappa shape index (κ2) is 25.0. The van der Waals surface area contributed by atoms with E-state index >= 15 is 0 Å². The summed E-state index contributed by atoms with van der Waals surface area (Å²) >= 11 is 0. The molecule has 0 spiro atoms. The van der Waals surface area contributed by atoms with Crippen LogP contribution in [-0.4, -0.2) is 84.7 Å². The number of carboxylic acid groups (broad SMARTS) is 1. The molecule has 6 heterocycles. The molecule has 0 aliphatic carbocycles. The van der Waals surface area contributed by atoms with Crippen LogP contribution in [0.2, 0.25) is 0 Å². The molecule has 0 fully saturated rings. The van der Waals surface area contributed by atoms with Gasteiger partial charge in [0.15, 0.2) is 0 Å². The Balaban J connectivity index is 0.000000346. The molecular formula is C52H65LiN12O6. The number of anilines is 2. The van der Waals surface area contributed by atoms with Gasteiger partial charge in [0.1, 0.15) is 0 Å². The molecule has 2 unspecified atom stereocenters. The fraction of sp³-hybridized carbons (Fsp3) is 0.308. The number of benzene rings is 4. The Bertz CT molecular complexity index is 3050. The van der Waals surface area contributed by atoms with Gasteiger partial charge in [-0.1, -0.05) is 93.4 Å². The first-order chi connectivity index (χ1) is 31.5. The third kappa shape index (κ3) is 12.3. The summed E-state index contributed by atoms with van der Waals surface area (Å²) in [4.78, 5) is 23.3. The van der Waals surface area contributed by atoms with E-state index in [9.17, 15) is 14.7 Å². The van der Waals surface area contributed by atoms with Crippen LogP contribution in [0.25, 0.3) is 44.8 Å². The maximum atomic E-state index is 12.0. The molecule has 0 saturated heterocycles. The van der Waals surface area contributed by atoms with Crippen molar-refractivity contribution >= 4 is 23.3 Å². The third-order valence-electron chi connectivity index (χ3n) is 12.1. The quantitative estimate of drug-likeness (QED) is 0.111. The first-order valence-electron chi connectivity index (χ1n) is 21.6. The Kier molecular flexibility index (Phi) is 20.4. The van der Waals surface area contributed by atoms with Gasteiger partial charge < -0.3 is 31.4 Å². The summed E-state index contributed by atoms with van der Waals surface area (Å²) < 4.78 is 12.4. The van der Waals surface area contributed by atoms with Gasteiger partial charge in [0.2, 0.25) is 0 Å². The molecule has 8 aromatic rings. The molecule has 0 radical (unpaired) electrons. The Labute approximate surface area is 427 Å². The zero-order chi connectivity index (χ0) is 45.2. The summed E-state index contributed by atoms with van der Waals surface area (Å²) in [7, 11) is 5.24. The molecule has 370 valence electrons. The number of para-hydroxylation sites is 2. The number of rotatable bonds is 10. The number of aliphatic carboxylic acids is 1. The van der Waals surface area contributed by atoms with E-state index in [0.29, 0.717) is 6.54 Å². The van der Waals surface area contributed by atoms with Crippen LogP contribution in [0.4, 0.5) is 11.4 Å². The number of carbonyl (C=O) groups is 2. The minimum Gasteiger partial charge on any atom is -0.870 e. The molecule has 71 heavy (non-hydrogen) atoms.